The van der Waals surface area contributed by atoms with Crippen molar-refractivity contribution < 1.29 is 29.6 Å². The first-order valence-corrected chi connectivity index (χ1v) is 8.52. The Morgan fingerprint density at radius 1 is 1.14 bits per heavy atom. The van der Waals surface area contributed by atoms with Crippen LogP contribution in [0.4, 0.5) is 5.69 Å². The second-order valence-corrected chi connectivity index (χ2v) is 6.33. The lowest BCUT2D eigenvalue weighted by Gasteiger charge is -2.26. The molecule has 0 saturated carbocycles. The Hall–Kier alpha value is -2.98. The third-order valence-corrected chi connectivity index (χ3v) is 4.41. The number of hydrogen-bond acceptors (Lipinski definition) is 8. The molecule has 0 spiro atoms. The maximum Gasteiger partial charge on any atom is 0.259 e. The monoisotopic (exact) mass is 388 g/mol. The van der Waals surface area contributed by atoms with Crippen LogP contribution >= 0.6 is 0 Å². The summed E-state index contributed by atoms with van der Waals surface area (Å²) < 4.78 is 5.26. The van der Waals surface area contributed by atoms with Crippen molar-refractivity contribution in [1.29, 1.82) is 0 Å². The maximum absolute atomic E-state index is 12.3. The van der Waals surface area contributed by atoms with Gasteiger partial charge >= 0.3 is 0 Å². The smallest absolute Gasteiger partial charge is 0.259 e. The lowest BCUT2D eigenvalue weighted by Crippen LogP contribution is -2.49. The minimum Gasteiger partial charge on any atom is -0.464 e. The van der Waals surface area contributed by atoms with Gasteiger partial charge in [-0.1, -0.05) is 6.07 Å². The van der Waals surface area contributed by atoms with E-state index >= 15 is 0 Å². The van der Waals surface area contributed by atoms with Gasteiger partial charge in [-0.25, -0.2) is 0 Å². The Kier molecular flexibility index (Phi) is 5.90. The zero-order valence-corrected chi connectivity index (χ0v) is 14.6. The Bertz CT molecular complexity index is 999. The van der Waals surface area contributed by atoms with Gasteiger partial charge in [-0.15, -0.1) is 0 Å². The van der Waals surface area contributed by atoms with E-state index in [-0.39, 0.29) is 5.56 Å². The predicted octanol–water partition coefficient (Wildman–Crippen LogP) is -0.158. The molecule has 2 aromatic heterocycles. The molecule has 0 aliphatic heterocycles. The van der Waals surface area contributed by atoms with E-state index in [1.165, 1.54) is 6.26 Å². The molecule has 0 radical (unpaired) electrons. The van der Waals surface area contributed by atoms with E-state index in [1.807, 2.05) is 0 Å². The van der Waals surface area contributed by atoms with E-state index in [0.717, 1.165) is 5.39 Å². The van der Waals surface area contributed by atoms with E-state index in [9.17, 15) is 24.9 Å². The predicted molar refractivity (Wildman–Crippen MR) is 101 cm³/mol. The first-order valence-electron chi connectivity index (χ1n) is 8.52. The lowest BCUT2D eigenvalue weighted by atomic mass is 10.0. The van der Waals surface area contributed by atoms with Gasteiger partial charge in [0.05, 0.1) is 24.0 Å². The highest BCUT2D eigenvalue weighted by Crippen LogP contribution is 2.23. The Labute approximate surface area is 158 Å². The molecule has 0 bridgehead atoms. The molecule has 0 aliphatic carbocycles. The van der Waals surface area contributed by atoms with Crippen LogP contribution < -0.4 is 10.9 Å². The number of aromatic nitrogens is 1. The molecule has 3 rings (SSSR count). The number of furan rings is 1. The number of carbonyl (C=O) groups excluding carboxylic acids is 1. The number of pyridine rings is 1. The van der Waals surface area contributed by atoms with Gasteiger partial charge in [-0.05, 0) is 35.7 Å². The van der Waals surface area contributed by atoms with Gasteiger partial charge in [0.2, 0.25) is 0 Å². The van der Waals surface area contributed by atoms with Gasteiger partial charge in [0, 0.05) is 5.69 Å². The van der Waals surface area contributed by atoms with Crippen molar-refractivity contribution in [1.82, 2.24) is 4.98 Å². The molecule has 2 heterocycles. The van der Waals surface area contributed by atoms with Crippen LogP contribution in [0.3, 0.4) is 0 Å². The molecule has 28 heavy (non-hydrogen) atoms. The molecular weight excluding hydrogens is 368 g/mol. The van der Waals surface area contributed by atoms with Crippen LogP contribution in [-0.4, -0.2) is 62.7 Å². The zero-order valence-electron chi connectivity index (χ0n) is 14.6. The summed E-state index contributed by atoms with van der Waals surface area (Å²) in [7, 11) is 0. The molecule has 6 N–H and O–H groups in total. The minimum atomic E-state index is -1.72. The van der Waals surface area contributed by atoms with Crippen LogP contribution in [0.15, 0.2) is 51.9 Å². The summed E-state index contributed by atoms with van der Waals surface area (Å²) >= 11 is 0. The first-order chi connectivity index (χ1) is 13.4. The van der Waals surface area contributed by atoms with Gasteiger partial charge < -0.3 is 39.9 Å². The average molecular weight is 388 g/mol. The Morgan fingerprint density at radius 3 is 2.57 bits per heavy atom. The molecule has 0 unspecified atom stereocenters. The normalized spacial score (nSPS) is 15.7. The van der Waals surface area contributed by atoms with Gasteiger partial charge in [0.25, 0.3) is 5.56 Å². The molecule has 0 aliphatic rings. The van der Waals surface area contributed by atoms with Crippen molar-refractivity contribution in [2.45, 2.75) is 24.4 Å². The topological polar surface area (TPSA) is 156 Å². The fraction of sp³-hybridized carbons (Fsp3) is 0.263. The van der Waals surface area contributed by atoms with Crippen LogP contribution in [0, 0.1) is 0 Å². The van der Waals surface area contributed by atoms with Crippen LogP contribution in [0.25, 0.3) is 22.2 Å². The van der Waals surface area contributed by atoms with Gasteiger partial charge in [0.15, 0.2) is 0 Å². The number of benzene rings is 1. The molecular formula is C19H20N2O7. The summed E-state index contributed by atoms with van der Waals surface area (Å²) in [6.45, 7) is -0.765. The average Bonchev–Trinajstić information content (AvgIpc) is 3.24. The summed E-state index contributed by atoms with van der Waals surface area (Å²) in [4.78, 5) is 26.4. The van der Waals surface area contributed by atoms with Crippen LogP contribution in [0.5, 0.6) is 0 Å². The first kappa shape index (κ1) is 19.8. The van der Waals surface area contributed by atoms with Crippen molar-refractivity contribution in [2.24, 2.45) is 0 Å². The number of aliphatic hydroxyl groups is 4. The second-order valence-electron chi connectivity index (χ2n) is 6.33. The van der Waals surface area contributed by atoms with Crippen molar-refractivity contribution >= 4 is 22.9 Å². The highest BCUT2D eigenvalue weighted by molar-refractivity contribution is 5.86. The number of fused-ring (bicyclic) bond motifs is 1. The van der Waals surface area contributed by atoms with Crippen molar-refractivity contribution in [3.63, 3.8) is 0 Å². The molecule has 3 aromatic rings. The number of aldehydes is 1. The highest BCUT2D eigenvalue weighted by atomic mass is 16.4. The molecule has 4 atom stereocenters. The van der Waals surface area contributed by atoms with Crippen LogP contribution in [0.1, 0.15) is 0 Å². The standard InChI is InChI=1S/C19H20N2O7/c22-8-14(17(25)18(26)15(24)9-23)20-11-4-3-10-6-12(16-2-1-5-28-16)19(27)21-13(10)7-11/h1-8,14-15,17-18,20,23-26H,9H2,(H,21,27)/t14-,15+,17+,18+/m1/s1. The van der Waals surface area contributed by atoms with Crippen molar-refractivity contribution in [2.75, 3.05) is 11.9 Å². The quantitative estimate of drug-likeness (QED) is 0.291. The molecule has 0 amide bonds. The number of H-pyrrole nitrogens is 1. The van der Waals surface area contributed by atoms with E-state index in [2.05, 4.69) is 10.3 Å². The number of carbonyl (C=O) groups is 1. The lowest BCUT2D eigenvalue weighted by molar-refractivity contribution is -0.117. The number of hydrogen-bond donors (Lipinski definition) is 6. The molecule has 9 nitrogen and oxygen atoms in total. The Balaban J connectivity index is 1.86. The number of aliphatic hydroxyl groups excluding tert-OH is 4. The highest BCUT2D eigenvalue weighted by Gasteiger charge is 2.31. The number of anilines is 1. The van der Waals surface area contributed by atoms with Crippen LogP contribution in [-0.2, 0) is 4.79 Å². The fourth-order valence-electron chi connectivity index (χ4n) is 2.85. The zero-order chi connectivity index (χ0) is 20.3. The summed E-state index contributed by atoms with van der Waals surface area (Å²) in [5.74, 6) is 0.436. The fourth-order valence-corrected chi connectivity index (χ4v) is 2.85. The van der Waals surface area contributed by atoms with Gasteiger partial charge in [-0.2, -0.15) is 0 Å². The van der Waals surface area contributed by atoms with Gasteiger partial charge in [0.1, 0.15) is 36.4 Å². The third kappa shape index (κ3) is 3.97. The largest absolute Gasteiger partial charge is 0.464 e. The summed E-state index contributed by atoms with van der Waals surface area (Å²) in [6.07, 6.45) is -3.11. The van der Waals surface area contributed by atoms with Crippen LogP contribution in [0.2, 0.25) is 0 Å². The third-order valence-electron chi connectivity index (χ3n) is 4.41. The number of nitrogens with one attached hydrogen (secondary N) is 2. The maximum atomic E-state index is 12.3. The molecule has 1 aromatic carbocycles. The summed E-state index contributed by atoms with van der Waals surface area (Å²) in [5, 5.41) is 41.6. The molecule has 9 heteroatoms. The van der Waals surface area contributed by atoms with Gasteiger partial charge in [-0.3, -0.25) is 4.79 Å². The summed E-state index contributed by atoms with van der Waals surface area (Å²) in [5.41, 5.74) is 0.907. The molecule has 148 valence electrons. The van der Waals surface area contributed by atoms with E-state index in [4.69, 9.17) is 9.52 Å². The van der Waals surface area contributed by atoms with E-state index < -0.39 is 31.0 Å². The second kappa shape index (κ2) is 8.36. The SMILES string of the molecule is O=C[C@@H](Nc1ccc2cc(-c3ccco3)c(=O)[nH]c2c1)[C@H](O)[C@@H](O)[C@@H](O)CO. The minimum absolute atomic E-state index is 0.354. The summed E-state index contributed by atoms with van der Waals surface area (Å²) in [6, 6.07) is 8.68. The number of aromatic amines is 1. The van der Waals surface area contributed by atoms with Crippen molar-refractivity contribution in [3.8, 4) is 11.3 Å². The molecule has 0 fully saturated rings. The Morgan fingerprint density at radius 2 is 1.93 bits per heavy atom. The number of rotatable bonds is 8. The van der Waals surface area contributed by atoms with E-state index in [0.29, 0.717) is 28.8 Å². The van der Waals surface area contributed by atoms with Crippen molar-refractivity contribution in [3.05, 3.63) is 53.0 Å². The molecule has 0 saturated heterocycles. The van der Waals surface area contributed by atoms with E-state index in [1.54, 1.807) is 36.4 Å².